The van der Waals surface area contributed by atoms with Crippen molar-refractivity contribution < 1.29 is 14.3 Å². The first-order chi connectivity index (χ1) is 8.81. The van der Waals surface area contributed by atoms with Crippen molar-refractivity contribution in [3.63, 3.8) is 0 Å². The van der Waals surface area contributed by atoms with Crippen molar-refractivity contribution >= 4 is 23.3 Å². The van der Waals surface area contributed by atoms with Crippen LogP contribution in [0, 0.1) is 0 Å². The van der Waals surface area contributed by atoms with Crippen LogP contribution in [0.1, 0.15) is 33.6 Å². The zero-order valence-corrected chi connectivity index (χ0v) is 13.0. The smallest absolute Gasteiger partial charge is 0.407 e. The van der Waals surface area contributed by atoms with E-state index >= 15 is 0 Å². The van der Waals surface area contributed by atoms with Gasteiger partial charge in [0.05, 0.1) is 6.61 Å². The van der Waals surface area contributed by atoms with Crippen LogP contribution in [0.4, 0.5) is 4.79 Å². The molecule has 1 rings (SSSR count). The van der Waals surface area contributed by atoms with Crippen LogP contribution in [0.15, 0.2) is 0 Å². The first kappa shape index (κ1) is 16.2. The summed E-state index contributed by atoms with van der Waals surface area (Å²) in [5.74, 6) is 0. The van der Waals surface area contributed by atoms with E-state index in [1.54, 1.807) is 7.11 Å². The number of amides is 1. The molecule has 0 bridgehead atoms. The van der Waals surface area contributed by atoms with Crippen LogP contribution >= 0.6 is 12.2 Å². The van der Waals surface area contributed by atoms with Crippen LogP contribution in [0.25, 0.3) is 0 Å². The second-order valence-electron chi connectivity index (χ2n) is 5.76. The minimum absolute atomic E-state index is 0.0819. The third kappa shape index (κ3) is 6.20. The van der Waals surface area contributed by atoms with E-state index in [9.17, 15) is 4.79 Å². The summed E-state index contributed by atoms with van der Waals surface area (Å²) >= 11 is 5.28. The van der Waals surface area contributed by atoms with Gasteiger partial charge >= 0.3 is 6.09 Å². The Morgan fingerprint density at radius 3 is 2.74 bits per heavy atom. The molecule has 1 amide bonds. The van der Waals surface area contributed by atoms with Crippen LogP contribution in [0.2, 0.25) is 0 Å². The largest absolute Gasteiger partial charge is 0.444 e. The second-order valence-corrected chi connectivity index (χ2v) is 6.23. The molecule has 1 aliphatic rings. The Morgan fingerprint density at radius 2 is 2.16 bits per heavy atom. The van der Waals surface area contributed by atoms with E-state index in [2.05, 4.69) is 10.2 Å². The molecule has 19 heavy (non-hydrogen) atoms. The number of thiocarbonyl (C=S) groups is 1. The van der Waals surface area contributed by atoms with Crippen molar-refractivity contribution in [2.45, 2.75) is 45.3 Å². The third-order valence-electron chi connectivity index (χ3n) is 2.76. The Bertz CT molecular complexity index is 328. The highest BCUT2D eigenvalue weighted by Gasteiger charge is 2.25. The SMILES string of the molecule is COCC(=S)N1CCCC(NC(=O)OC(C)(C)C)C1. The molecule has 0 aromatic rings. The number of carbonyl (C=O) groups excluding carboxylic acids is 1. The van der Waals surface area contributed by atoms with Gasteiger partial charge in [0.2, 0.25) is 0 Å². The lowest BCUT2D eigenvalue weighted by Gasteiger charge is -2.35. The maximum atomic E-state index is 11.7. The van der Waals surface area contributed by atoms with Crippen LogP contribution in [-0.2, 0) is 9.47 Å². The van der Waals surface area contributed by atoms with E-state index in [-0.39, 0.29) is 12.1 Å². The Hall–Kier alpha value is -0.880. The van der Waals surface area contributed by atoms with Crippen LogP contribution in [-0.4, -0.2) is 54.4 Å². The van der Waals surface area contributed by atoms with Crippen molar-refractivity contribution in [2.24, 2.45) is 0 Å². The van der Waals surface area contributed by atoms with Gasteiger partial charge in [0.25, 0.3) is 0 Å². The quantitative estimate of drug-likeness (QED) is 0.804. The Kier molecular flexibility index (Phi) is 6.00. The minimum atomic E-state index is -0.468. The lowest BCUT2D eigenvalue weighted by Crippen LogP contribution is -2.50. The van der Waals surface area contributed by atoms with Crippen molar-refractivity contribution in [3.05, 3.63) is 0 Å². The predicted octanol–water partition coefficient (Wildman–Crippen LogP) is 1.95. The molecule has 1 fully saturated rings. The van der Waals surface area contributed by atoms with Crippen LogP contribution < -0.4 is 5.32 Å². The van der Waals surface area contributed by atoms with E-state index in [1.807, 2.05) is 20.8 Å². The number of carbonyl (C=O) groups is 1. The number of rotatable bonds is 3. The monoisotopic (exact) mass is 288 g/mol. The van der Waals surface area contributed by atoms with Crippen molar-refractivity contribution in [1.82, 2.24) is 10.2 Å². The summed E-state index contributed by atoms with van der Waals surface area (Å²) in [7, 11) is 1.63. The molecule has 110 valence electrons. The Morgan fingerprint density at radius 1 is 1.47 bits per heavy atom. The molecule has 0 radical (unpaired) electrons. The molecular weight excluding hydrogens is 264 g/mol. The van der Waals surface area contributed by atoms with Gasteiger partial charge < -0.3 is 19.7 Å². The molecule has 0 aromatic heterocycles. The van der Waals surface area contributed by atoms with Gasteiger partial charge in [-0.25, -0.2) is 4.79 Å². The van der Waals surface area contributed by atoms with Gasteiger partial charge in [-0.1, -0.05) is 12.2 Å². The maximum Gasteiger partial charge on any atom is 0.407 e. The normalized spacial score (nSPS) is 20.0. The van der Waals surface area contributed by atoms with Gasteiger partial charge in [-0.3, -0.25) is 0 Å². The number of alkyl carbamates (subject to hydrolysis) is 1. The average molecular weight is 288 g/mol. The fraction of sp³-hybridized carbons (Fsp3) is 0.846. The molecule has 1 aliphatic heterocycles. The summed E-state index contributed by atoms with van der Waals surface area (Å²) in [6, 6.07) is 0.0819. The standard InChI is InChI=1S/C13H24N2O3S/c1-13(2,3)18-12(16)14-10-6-5-7-15(8-10)11(19)9-17-4/h10H,5-9H2,1-4H3,(H,14,16). The molecule has 0 aromatic carbocycles. The number of piperidine rings is 1. The zero-order chi connectivity index (χ0) is 14.5. The van der Waals surface area contributed by atoms with Gasteiger partial charge in [-0.15, -0.1) is 0 Å². The Labute approximate surface area is 120 Å². The topological polar surface area (TPSA) is 50.8 Å². The molecule has 1 atom stereocenters. The molecule has 1 N–H and O–H groups in total. The van der Waals surface area contributed by atoms with Crippen molar-refractivity contribution in [2.75, 3.05) is 26.8 Å². The fourth-order valence-corrected chi connectivity index (χ4v) is 2.29. The van der Waals surface area contributed by atoms with E-state index in [4.69, 9.17) is 21.7 Å². The first-order valence-corrected chi connectivity index (χ1v) is 6.99. The molecule has 0 aliphatic carbocycles. The maximum absolute atomic E-state index is 11.7. The summed E-state index contributed by atoms with van der Waals surface area (Å²) in [6.07, 6.45) is 1.59. The molecule has 1 heterocycles. The number of nitrogens with zero attached hydrogens (tertiary/aromatic N) is 1. The number of hydrogen-bond donors (Lipinski definition) is 1. The van der Waals surface area contributed by atoms with E-state index < -0.39 is 5.60 Å². The fourth-order valence-electron chi connectivity index (χ4n) is 2.01. The lowest BCUT2D eigenvalue weighted by molar-refractivity contribution is 0.0485. The third-order valence-corrected chi connectivity index (χ3v) is 3.14. The van der Waals surface area contributed by atoms with E-state index in [0.717, 1.165) is 30.9 Å². The lowest BCUT2D eigenvalue weighted by atomic mass is 10.1. The van der Waals surface area contributed by atoms with E-state index in [1.165, 1.54) is 0 Å². The molecule has 1 unspecified atom stereocenters. The molecule has 0 saturated carbocycles. The van der Waals surface area contributed by atoms with Crippen molar-refractivity contribution in [1.29, 1.82) is 0 Å². The summed E-state index contributed by atoms with van der Waals surface area (Å²) in [6.45, 7) is 7.67. The molecule has 0 spiro atoms. The molecule has 1 saturated heterocycles. The second kappa shape index (κ2) is 7.05. The Balaban J connectivity index is 2.42. The minimum Gasteiger partial charge on any atom is -0.444 e. The highest BCUT2D eigenvalue weighted by Crippen LogP contribution is 2.13. The van der Waals surface area contributed by atoms with Gasteiger partial charge in [0.1, 0.15) is 10.6 Å². The van der Waals surface area contributed by atoms with Gasteiger partial charge in [0, 0.05) is 26.2 Å². The van der Waals surface area contributed by atoms with Gasteiger partial charge in [-0.2, -0.15) is 0 Å². The number of hydrogen-bond acceptors (Lipinski definition) is 4. The van der Waals surface area contributed by atoms with E-state index in [0.29, 0.717) is 6.61 Å². The summed E-state index contributed by atoms with van der Waals surface area (Å²) in [5, 5.41) is 2.90. The zero-order valence-electron chi connectivity index (χ0n) is 12.2. The molecular formula is C13H24N2O3S. The summed E-state index contributed by atoms with van der Waals surface area (Å²) < 4.78 is 10.3. The number of nitrogens with one attached hydrogen (secondary N) is 1. The van der Waals surface area contributed by atoms with Crippen LogP contribution in [0.3, 0.4) is 0 Å². The summed E-state index contributed by atoms with van der Waals surface area (Å²) in [4.78, 5) is 14.6. The van der Waals surface area contributed by atoms with Crippen LogP contribution in [0.5, 0.6) is 0 Å². The number of methoxy groups -OCH3 is 1. The van der Waals surface area contributed by atoms with Crippen molar-refractivity contribution in [3.8, 4) is 0 Å². The highest BCUT2D eigenvalue weighted by molar-refractivity contribution is 7.80. The predicted molar refractivity (Wildman–Crippen MR) is 78.4 cm³/mol. The summed E-state index contributed by atoms with van der Waals surface area (Å²) in [5.41, 5.74) is -0.468. The first-order valence-electron chi connectivity index (χ1n) is 6.58. The molecule has 5 nitrogen and oxygen atoms in total. The van der Waals surface area contributed by atoms with Gasteiger partial charge in [-0.05, 0) is 33.6 Å². The molecule has 6 heteroatoms. The average Bonchev–Trinajstić information content (AvgIpc) is 2.27. The highest BCUT2D eigenvalue weighted by atomic mass is 32.1. The number of ether oxygens (including phenoxy) is 2. The number of likely N-dealkylation sites (tertiary alicyclic amines) is 1. The van der Waals surface area contributed by atoms with Gasteiger partial charge in [0.15, 0.2) is 0 Å².